The Morgan fingerprint density at radius 2 is 2.25 bits per heavy atom. The van der Waals surface area contributed by atoms with E-state index < -0.39 is 0 Å². The van der Waals surface area contributed by atoms with Crippen molar-refractivity contribution in [3.8, 4) is 5.82 Å². The number of hydrogen-bond acceptors (Lipinski definition) is 3. The van der Waals surface area contributed by atoms with E-state index in [0.717, 1.165) is 24.6 Å². The maximum Gasteiger partial charge on any atom is 0.138 e. The van der Waals surface area contributed by atoms with Crippen LogP contribution in [0.4, 0.5) is 0 Å². The highest BCUT2D eigenvalue weighted by Crippen LogP contribution is 2.09. The second-order valence-electron chi connectivity index (χ2n) is 3.73. The van der Waals surface area contributed by atoms with Gasteiger partial charge >= 0.3 is 0 Å². The molecule has 4 nitrogen and oxygen atoms in total. The van der Waals surface area contributed by atoms with Crippen LogP contribution in [0, 0.1) is 6.92 Å². The molecule has 0 saturated carbocycles. The van der Waals surface area contributed by atoms with E-state index in [1.54, 1.807) is 12.5 Å². The quantitative estimate of drug-likeness (QED) is 0.845. The number of aryl methyl sites for hydroxylation is 1. The fraction of sp³-hybridized carbons (Fsp3) is 0.333. The lowest BCUT2D eigenvalue weighted by Gasteiger charge is -2.07. The summed E-state index contributed by atoms with van der Waals surface area (Å²) in [7, 11) is 0. The summed E-state index contributed by atoms with van der Waals surface area (Å²) in [4.78, 5) is 8.51. The van der Waals surface area contributed by atoms with Crippen molar-refractivity contribution < 1.29 is 0 Å². The summed E-state index contributed by atoms with van der Waals surface area (Å²) in [5.41, 5.74) is 2.28. The maximum atomic E-state index is 4.48. The zero-order valence-corrected chi connectivity index (χ0v) is 9.64. The average Bonchev–Trinajstić information content (AvgIpc) is 2.79. The number of nitrogens with one attached hydrogen (secondary N) is 1. The normalized spacial score (nSPS) is 10.6. The Morgan fingerprint density at radius 3 is 2.94 bits per heavy atom. The molecule has 4 heteroatoms. The first-order valence-corrected chi connectivity index (χ1v) is 5.46. The average molecular weight is 216 g/mol. The molecule has 0 spiro atoms. The minimum absolute atomic E-state index is 0.877. The van der Waals surface area contributed by atoms with E-state index in [9.17, 15) is 0 Å². The lowest BCUT2D eigenvalue weighted by atomic mass is 10.2. The highest BCUT2D eigenvalue weighted by molar-refractivity contribution is 5.30. The highest BCUT2D eigenvalue weighted by Gasteiger charge is 2.01. The molecule has 2 aromatic heterocycles. The van der Waals surface area contributed by atoms with E-state index in [1.165, 1.54) is 5.56 Å². The molecule has 0 radical (unpaired) electrons. The molecule has 0 amide bonds. The van der Waals surface area contributed by atoms with Crippen molar-refractivity contribution >= 4 is 0 Å². The Bertz CT molecular complexity index is 448. The second kappa shape index (κ2) is 4.90. The second-order valence-corrected chi connectivity index (χ2v) is 3.73. The van der Waals surface area contributed by atoms with E-state index in [2.05, 4.69) is 34.3 Å². The number of hydrogen-bond donors (Lipinski definition) is 1. The molecule has 2 heterocycles. The summed E-state index contributed by atoms with van der Waals surface area (Å²) in [5.74, 6) is 0.922. The maximum absolute atomic E-state index is 4.48. The third-order valence-electron chi connectivity index (χ3n) is 2.35. The van der Waals surface area contributed by atoms with Gasteiger partial charge in [0.2, 0.25) is 0 Å². The van der Waals surface area contributed by atoms with Crippen molar-refractivity contribution in [1.29, 1.82) is 0 Å². The third-order valence-corrected chi connectivity index (χ3v) is 2.35. The van der Waals surface area contributed by atoms with Gasteiger partial charge in [0.25, 0.3) is 0 Å². The zero-order chi connectivity index (χ0) is 11.4. The standard InChI is InChI=1S/C12H16N4/c1-3-13-8-11-6-10(2)15-12(7-11)16-5-4-14-9-16/h4-7,9,13H,3,8H2,1-2H3. The molecular formula is C12H16N4. The third kappa shape index (κ3) is 2.46. The Morgan fingerprint density at radius 1 is 1.38 bits per heavy atom. The molecule has 0 aliphatic rings. The lowest BCUT2D eigenvalue weighted by Crippen LogP contribution is -2.12. The Kier molecular flexibility index (Phi) is 3.31. The smallest absolute Gasteiger partial charge is 0.138 e. The van der Waals surface area contributed by atoms with Crippen LogP contribution in [-0.2, 0) is 6.54 Å². The number of nitrogens with zero attached hydrogens (tertiary/aromatic N) is 3. The monoisotopic (exact) mass is 216 g/mol. The first kappa shape index (κ1) is 10.8. The summed E-state index contributed by atoms with van der Waals surface area (Å²) in [6, 6.07) is 4.18. The van der Waals surface area contributed by atoms with E-state index in [1.807, 2.05) is 17.7 Å². The molecule has 0 saturated heterocycles. The van der Waals surface area contributed by atoms with Crippen molar-refractivity contribution in [2.45, 2.75) is 20.4 Å². The van der Waals surface area contributed by atoms with Crippen molar-refractivity contribution in [1.82, 2.24) is 19.9 Å². The van der Waals surface area contributed by atoms with Crippen molar-refractivity contribution in [3.63, 3.8) is 0 Å². The molecule has 2 aromatic rings. The molecule has 0 fully saturated rings. The van der Waals surface area contributed by atoms with Crippen LogP contribution in [0.3, 0.4) is 0 Å². The van der Waals surface area contributed by atoms with Crippen LogP contribution in [0.15, 0.2) is 30.9 Å². The van der Waals surface area contributed by atoms with Crippen molar-refractivity contribution in [2.75, 3.05) is 6.54 Å². The van der Waals surface area contributed by atoms with Gasteiger partial charge in [-0.25, -0.2) is 9.97 Å². The van der Waals surface area contributed by atoms with E-state index in [4.69, 9.17) is 0 Å². The van der Waals surface area contributed by atoms with E-state index >= 15 is 0 Å². The molecule has 2 rings (SSSR count). The molecular weight excluding hydrogens is 200 g/mol. The van der Waals surface area contributed by atoms with E-state index in [0.29, 0.717) is 0 Å². The number of aromatic nitrogens is 3. The van der Waals surface area contributed by atoms with Gasteiger partial charge in [-0.05, 0) is 31.2 Å². The number of imidazole rings is 1. The fourth-order valence-corrected chi connectivity index (χ4v) is 1.62. The predicted molar refractivity (Wildman–Crippen MR) is 63.5 cm³/mol. The van der Waals surface area contributed by atoms with Gasteiger partial charge in [-0.1, -0.05) is 6.92 Å². The van der Waals surface area contributed by atoms with Crippen LogP contribution in [0.2, 0.25) is 0 Å². The summed E-state index contributed by atoms with van der Waals surface area (Å²) in [6.07, 6.45) is 5.42. The topological polar surface area (TPSA) is 42.7 Å². The van der Waals surface area contributed by atoms with E-state index in [-0.39, 0.29) is 0 Å². The fourth-order valence-electron chi connectivity index (χ4n) is 1.62. The minimum atomic E-state index is 0.877. The van der Waals surface area contributed by atoms with Gasteiger partial charge in [-0.3, -0.25) is 4.57 Å². The number of pyridine rings is 1. The van der Waals surface area contributed by atoms with Crippen molar-refractivity contribution in [3.05, 3.63) is 42.1 Å². The first-order chi connectivity index (χ1) is 7.79. The van der Waals surface area contributed by atoms with Crippen LogP contribution in [0.1, 0.15) is 18.2 Å². The largest absolute Gasteiger partial charge is 0.313 e. The van der Waals surface area contributed by atoms with Gasteiger partial charge in [0.1, 0.15) is 12.1 Å². The zero-order valence-electron chi connectivity index (χ0n) is 9.64. The molecule has 0 atom stereocenters. The summed E-state index contributed by atoms with van der Waals surface area (Å²) < 4.78 is 1.92. The Hall–Kier alpha value is -1.68. The Labute approximate surface area is 95.4 Å². The first-order valence-electron chi connectivity index (χ1n) is 5.46. The Balaban J connectivity index is 2.29. The van der Waals surface area contributed by atoms with Gasteiger partial charge in [0, 0.05) is 24.6 Å². The minimum Gasteiger partial charge on any atom is -0.313 e. The SMILES string of the molecule is CCNCc1cc(C)nc(-n2ccnc2)c1. The van der Waals surface area contributed by atoms with Crippen LogP contribution >= 0.6 is 0 Å². The van der Waals surface area contributed by atoms with Gasteiger partial charge in [-0.2, -0.15) is 0 Å². The predicted octanol–water partition coefficient (Wildman–Crippen LogP) is 1.69. The number of rotatable bonds is 4. The lowest BCUT2D eigenvalue weighted by molar-refractivity contribution is 0.724. The molecule has 0 aliphatic heterocycles. The molecule has 0 aliphatic carbocycles. The summed E-state index contributed by atoms with van der Waals surface area (Å²) in [6.45, 7) is 5.96. The van der Waals surface area contributed by atoms with Gasteiger partial charge in [0.05, 0.1) is 0 Å². The van der Waals surface area contributed by atoms with Crippen molar-refractivity contribution in [2.24, 2.45) is 0 Å². The molecule has 84 valence electrons. The van der Waals surface area contributed by atoms with Crippen LogP contribution in [0.25, 0.3) is 5.82 Å². The summed E-state index contributed by atoms with van der Waals surface area (Å²) in [5, 5.41) is 3.31. The molecule has 0 aromatic carbocycles. The van der Waals surface area contributed by atoms with Gasteiger partial charge in [-0.15, -0.1) is 0 Å². The highest BCUT2D eigenvalue weighted by atomic mass is 15.1. The molecule has 1 N–H and O–H groups in total. The van der Waals surface area contributed by atoms with Crippen LogP contribution in [0.5, 0.6) is 0 Å². The van der Waals surface area contributed by atoms with Gasteiger partial charge in [0.15, 0.2) is 0 Å². The molecule has 0 bridgehead atoms. The summed E-state index contributed by atoms with van der Waals surface area (Å²) >= 11 is 0. The van der Waals surface area contributed by atoms with Crippen LogP contribution < -0.4 is 5.32 Å². The van der Waals surface area contributed by atoms with Crippen LogP contribution in [-0.4, -0.2) is 21.1 Å². The molecule has 0 unspecified atom stereocenters. The molecule has 16 heavy (non-hydrogen) atoms. The van der Waals surface area contributed by atoms with Gasteiger partial charge < -0.3 is 5.32 Å².